The van der Waals surface area contributed by atoms with Crippen molar-refractivity contribution in [3.8, 4) is 0 Å². The maximum absolute atomic E-state index is 10.4. The average molecular weight is 237 g/mol. The fourth-order valence-electron chi connectivity index (χ4n) is 0.682. The van der Waals surface area contributed by atoms with Crippen LogP contribution in [0.5, 0.6) is 0 Å². The van der Waals surface area contributed by atoms with Gasteiger partial charge in [-0.05, 0) is 0 Å². The number of carbonyl (C=O) groups excluding carboxylic acids is 1. The van der Waals surface area contributed by atoms with Gasteiger partial charge >= 0.3 is 0 Å². The largest absolute Gasteiger partial charge is 1.00 e. The van der Waals surface area contributed by atoms with Crippen LogP contribution in [0.25, 0.3) is 0 Å². The van der Waals surface area contributed by atoms with E-state index in [-0.39, 0.29) is 22.9 Å². The summed E-state index contributed by atoms with van der Waals surface area (Å²) >= 11 is 1.52. The summed E-state index contributed by atoms with van der Waals surface area (Å²) in [4.78, 5) is 13.4. The van der Waals surface area contributed by atoms with E-state index in [1.54, 1.807) is 0 Å². The molecular weight excluding hydrogens is 228 g/mol. The van der Waals surface area contributed by atoms with Crippen LogP contribution in [0.2, 0.25) is 0 Å². The first kappa shape index (κ1) is 10.6. The van der Waals surface area contributed by atoms with Gasteiger partial charge in [-0.25, -0.2) is 4.98 Å². The molecular formula is C6H9BrN2OS. The van der Waals surface area contributed by atoms with E-state index in [1.165, 1.54) is 11.3 Å². The number of H-pyrrole nitrogens is 1. The zero-order valence-electron chi connectivity index (χ0n) is 6.06. The first-order valence-electron chi connectivity index (χ1n) is 2.93. The lowest BCUT2D eigenvalue weighted by atomic mass is 10.4. The van der Waals surface area contributed by atoms with Crippen molar-refractivity contribution in [2.24, 2.45) is 5.73 Å². The van der Waals surface area contributed by atoms with Crippen LogP contribution in [0.3, 0.4) is 0 Å². The Morgan fingerprint density at radius 3 is 2.82 bits per heavy atom. The first-order valence-corrected chi connectivity index (χ1v) is 3.81. The van der Waals surface area contributed by atoms with E-state index in [9.17, 15) is 4.79 Å². The quantitative estimate of drug-likeness (QED) is 0.582. The van der Waals surface area contributed by atoms with Crippen molar-refractivity contribution < 1.29 is 26.8 Å². The number of nitrogens with two attached hydrogens (primary N) is 1. The van der Waals surface area contributed by atoms with Crippen LogP contribution in [0, 0.1) is 6.92 Å². The Labute approximate surface area is 79.4 Å². The van der Waals surface area contributed by atoms with E-state index in [0.29, 0.717) is 6.42 Å². The van der Waals surface area contributed by atoms with E-state index in [2.05, 4.69) is 4.98 Å². The number of carbonyl (C=O) groups is 1. The van der Waals surface area contributed by atoms with Crippen LogP contribution in [0.15, 0.2) is 5.38 Å². The second kappa shape index (κ2) is 4.46. The summed E-state index contributed by atoms with van der Waals surface area (Å²) in [7, 11) is 0. The molecule has 0 atom stereocenters. The molecule has 0 aliphatic rings. The number of aromatic nitrogens is 1. The number of rotatable bonds is 2. The summed E-state index contributed by atoms with van der Waals surface area (Å²) in [6, 6.07) is 0. The van der Waals surface area contributed by atoms with Crippen LogP contribution in [-0.4, -0.2) is 5.91 Å². The Balaban J connectivity index is 0.000001000. The molecule has 62 valence electrons. The lowest BCUT2D eigenvalue weighted by Crippen LogP contribution is -3.00. The molecule has 0 aliphatic heterocycles. The van der Waals surface area contributed by atoms with Crippen molar-refractivity contribution in [2.45, 2.75) is 13.3 Å². The number of thiazole rings is 1. The number of aryl methyl sites for hydroxylation is 1. The minimum Gasteiger partial charge on any atom is -1.00 e. The van der Waals surface area contributed by atoms with Crippen molar-refractivity contribution in [2.75, 3.05) is 0 Å². The number of nitrogens with one attached hydrogen (secondary N) is 1. The van der Waals surface area contributed by atoms with Gasteiger partial charge in [0.1, 0.15) is 6.42 Å². The van der Waals surface area contributed by atoms with Crippen molar-refractivity contribution in [1.82, 2.24) is 0 Å². The summed E-state index contributed by atoms with van der Waals surface area (Å²) < 4.78 is 0. The molecule has 1 aromatic heterocycles. The molecule has 3 N–H and O–H groups in total. The molecule has 3 nitrogen and oxygen atoms in total. The average Bonchev–Trinajstić information content (AvgIpc) is 2.13. The lowest BCUT2D eigenvalue weighted by molar-refractivity contribution is -0.390. The topological polar surface area (TPSA) is 57.2 Å². The molecule has 1 rings (SSSR count). The highest BCUT2D eigenvalue weighted by molar-refractivity contribution is 7.09. The minimum absolute atomic E-state index is 0. The molecule has 0 aliphatic carbocycles. The van der Waals surface area contributed by atoms with Crippen molar-refractivity contribution in [3.05, 3.63) is 16.1 Å². The van der Waals surface area contributed by atoms with Gasteiger partial charge in [0, 0.05) is 6.92 Å². The molecule has 0 saturated carbocycles. The third-order valence-electron chi connectivity index (χ3n) is 1.05. The normalized spacial score (nSPS) is 8.82. The molecule has 1 heterocycles. The highest BCUT2D eigenvalue weighted by Crippen LogP contribution is 2.02. The molecule has 0 bridgehead atoms. The summed E-state index contributed by atoms with van der Waals surface area (Å²) in [6.07, 6.45) is 0.318. The number of aromatic amines is 1. The van der Waals surface area contributed by atoms with Gasteiger partial charge in [0.15, 0.2) is 5.69 Å². The van der Waals surface area contributed by atoms with Gasteiger partial charge in [-0.1, -0.05) is 11.3 Å². The fourth-order valence-corrected chi connectivity index (χ4v) is 1.51. The smallest absolute Gasteiger partial charge is 0.245 e. The van der Waals surface area contributed by atoms with Crippen LogP contribution in [-0.2, 0) is 11.2 Å². The lowest BCUT2D eigenvalue weighted by Gasteiger charge is -1.80. The molecule has 5 heteroatoms. The summed E-state index contributed by atoms with van der Waals surface area (Å²) in [6.45, 7) is 1.95. The Kier molecular flexibility index (Phi) is 4.29. The standard InChI is InChI=1S/C6H8N2OS.BrH/c1-4-3-10-6(8-4)2-5(7)9;/h3H,2H2,1H3,(H2,7,9);1H. The molecule has 0 radical (unpaired) electrons. The number of hydrogen-bond donors (Lipinski definition) is 1. The highest BCUT2D eigenvalue weighted by Gasteiger charge is 2.08. The van der Waals surface area contributed by atoms with Gasteiger partial charge in [-0.15, -0.1) is 0 Å². The molecule has 0 spiro atoms. The minimum atomic E-state index is -0.293. The Hall–Kier alpha value is -0.420. The van der Waals surface area contributed by atoms with Gasteiger partial charge in [-0.3, -0.25) is 4.79 Å². The fraction of sp³-hybridized carbons (Fsp3) is 0.333. The summed E-state index contributed by atoms with van der Waals surface area (Å²) in [5.41, 5.74) is 6.05. The number of amides is 1. The van der Waals surface area contributed by atoms with Gasteiger partial charge in [0.05, 0.1) is 5.38 Å². The third-order valence-corrected chi connectivity index (χ3v) is 2.05. The van der Waals surface area contributed by atoms with Gasteiger partial charge in [0.25, 0.3) is 0 Å². The third kappa shape index (κ3) is 3.48. The van der Waals surface area contributed by atoms with Crippen LogP contribution >= 0.6 is 11.3 Å². The molecule has 1 aromatic rings. The maximum Gasteiger partial charge on any atom is 0.245 e. The molecule has 1 amide bonds. The Morgan fingerprint density at radius 2 is 2.45 bits per heavy atom. The predicted octanol–water partition coefficient (Wildman–Crippen LogP) is -3.10. The van der Waals surface area contributed by atoms with Gasteiger partial charge in [-0.2, -0.15) is 0 Å². The van der Waals surface area contributed by atoms with Crippen LogP contribution < -0.4 is 27.7 Å². The SMILES string of the molecule is Cc1csc(CC(N)=O)[nH+]1.[Br-]. The highest BCUT2D eigenvalue weighted by atomic mass is 79.9. The molecule has 0 aromatic carbocycles. The van der Waals surface area contributed by atoms with Crippen molar-refractivity contribution >= 4 is 17.2 Å². The second-order valence-electron chi connectivity index (χ2n) is 2.11. The predicted molar refractivity (Wildman–Crippen MR) is 38.5 cm³/mol. The zero-order chi connectivity index (χ0) is 7.56. The van der Waals surface area contributed by atoms with E-state index in [1.807, 2.05) is 12.3 Å². The zero-order valence-corrected chi connectivity index (χ0v) is 8.46. The summed E-state index contributed by atoms with van der Waals surface area (Å²) in [5, 5.41) is 2.88. The first-order chi connectivity index (χ1) is 4.68. The Morgan fingerprint density at radius 1 is 1.82 bits per heavy atom. The monoisotopic (exact) mass is 236 g/mol. The number of primary amides is 1. The van der Waals surface area contributed by atoms with E-state index < -0.39 is 0 Å². The van der Waals surface area contributed by atoms with Crippen molar-refractivity contribution in [1.29, 1.82) is 0 Å². The number of hydrogen-bond acceptors (Lipinski definition) is 2. The summed E-state index contributed by atoms with van der Waals surface area (Å²) in [5.74, 6) is -0.293. The number of halogens is 1. The van der Waals surface area contributed by atoms with Crippen LogP contribution in [0.4, 0.5) is 0 Å². The molecule has 0 fully saturated rings. The molecule has 0 saturated heterocycles. The maximum atomic E-state index is 10.4. The van der Waals surface area contributed by atoms with Crippen LogP contribution in [0.1, 0.15) is 10.7 Å². The van der Waals surface area contributed by atoms with E-state index in [4.69, 9.17) is 5.73 Å². The molecule has 11 heavy (non-hydrogen) atoms. The van der Waals surface area contributed by atoms with E-state index in [0.717, 1.165) is 10.7 Å². The molecule has 0 unspecified atom stereocenters. The van der Waals surface area contributed by atoms with Gasteiger partial charge in [0.2, 0.25) is 10.9 Å². The van der Waals surface area contributed by atoms with Crippen molar-refractivity contribution in [3.63, 3.8) is 0 Å². The van der Waals surface area contributed by atoms with Gasteiger partial charge < -0.3 is 22.7 Å². The second-order valence-corrected chi connectivity index (χ2v) is 3.07. The van der Waals surface area contributed by atoms with E-state index >= 15 is 0 Å². The Bertz CT molecular complexity index is 248.